The molecule has 1 aliphatic heterocycles. The Kier molecular flexibility index (Phi) is 5.86. The summed E-state index contributed by atoms with van der Waals surface area (Å²) in [5, 5.41) is 2.68. The Morgan fingerprint density at radius 1 is 1.00 bits per heavy atom. The average Bonchev–Trinajstić information content (AvgIpc) is 2.66. The van der Waals surface area contributed by atoms with Crippen LogP contribution in [0.1, 0.15) is 42.6 Å². The largest absolute Gasteiger partial charge is 0.478 e. The lowest BCUT2D eigenvalue weighted by atomic mass is 9.81. The van der Waals surface area contributed by atoms with Crippen molar-refractivity contribution in [1.29, 1.82) is 0 Å². The van der Waals surface area contributed by atoms with Gasteiger partial charge in [0.2, 0.25) is 11.8 Å². The maximum absolute atomic E-state index is 12.4. The van der Waals surface area contributed by atoms with E-state index < -0.39 is 5.41 Å². The van der Waals surface area contributed by atoms with Crippen LogP contribution in [0, 0.1) is 5.41 Å². The molecule has 0 fully saturated rings. The molecule has 0 saturated heterocycles. The lowest BCUT2D eigenvalue weighted by molar-refractivity contribution is -0.122. The molecule has 0 atom stereocenters. The number of ketones is 1. The predicted octanol–water partition coefficient (Wildman–Crippen LogP) is 3.62. The Hall–Kier alpha value is -2.73. The molecule has 0 saturated carbocycles. The number of carbonyl (C=O) groups excluding carboxylic acids is 2. The molecule has 2 aromatic rings. The van der Waals surface area contributed by atoms with Gasteiger partial charge in [0.1, 0.15) is 11.2 Å². The number of Topliss-reactive ketones (excluding diaryl/α,β-unsaturated/α-hetero) is 1. The molecule has 0 bridgehead atoms. The highest BCUT2D eigenvalue weighted by Crippen LogP contribution is 2.33. The summed E-state index contributed by atoms with van der Waals surface area (Å²) >= 11 is 0. The Balaban J connectivity index is 1.41. The summed E-state index contributed by atoms with van der Waals surface area (Å²) in [7, 11) is 0. The zero-order chi connectivity index (χ0) is 19.3. The highest BCUT2D eigenvalue weighted by atomic mass is 16.5. The highest BCUT2D eigenvalue weighted by Gasteiger charge is 2.42. The standard InChI is InChI=1S/C21H24N2O4/c1-21(2)18(24)16-10-11-17(22-19(16)23-20(21)25)27-13-7-6-12-26-14-15-8-4-3-5-9-15/h3-5,8-11H,6-7,12-14H2,1-2H3,(H,22,23,25). The number of nitrogens with one attached hydrogen (secondary N) is 1. The van der Waals surface area contributed by atoms with Crippen molar-refractivity contribution in [2.24, 2.45) is 5.41 Å². The summed E-state index contributed by atoms with van der Waals surface area (Å²) < 4.78 is 11.3. The second kappa shape index (κ2) is 8.31. The molecule has 142 valence electrons. The fourth-order valence-corrected chi connectivity index (χ4v) is 2.75. The van der Waals surface area contributed by atoms with Crippen molar-refractivity contribution in [1.82, 2.24) is 4.98 Å². The first kappa shape index (κ1) is 19.0. The van der Waals surface area contributed by atoms with Gasteiger partial charge in [-0.3, -0.25) is 9.59 Å². The second-order valence-electron chi connectivity index (χ2n) is 7.05. The molecule has 1 N–H and O–H groups in total. The number of pyridine rings is 1. The van der Waals surface area contributed by atoms with Gasteiger partial charge in [0.05, 0.1) is 18.8 Å². The number of fused-ring (bicyclic) bond motifs is 1. The first-order valence-corrected chi connectivity index (χ1v) is 9.10. The van der Waals surface area contributed by atoms with E-state index in [9.17, 15) is 9.59 Å². The normalized spacial score (nSPS) is 15.2. The van der Waals surface area contributed by atoms with Crippen LogP contribution in [0.5, 0.6) is 5.88 Å². The number of unbranched alkanes of at least 4 members (excludes halogenated alkanes) is 1. The molecular formula is C21H24N2O4. The highest BCUT2D eigenvalue weighted by molar-refractivity contribution is 6.22. The van der Waals surface area contributed by atoms with Crippen molar-refractivity contribution in [2.45, 2.75) is 33.3 Å². The molecule has 0 unspecified atom stereocenters. The van der Waals surface area contributed by atoms with Crippen molar-refractivity contribution in [3.8, 4) is 5.88 Å². The van der Waals surface area contributed by atoms with Crippen LogP contribution in [0.25, 0.3) is 0 Å². The van der Waals surface area contributed by atoms with Crippen molar-refractivity contribution < 1.29 is 19.1 Å². The number of hydrogen-bond acceptors (Lipinski definition) is 5. The number of hydrogen-bond donors (Lipinski definition) is 1. The maximum atomic E-state index is 12.4. The monoisotopic (exact) mass is 368 g/mol. The van der Waals surface area contributed by atoms with Gasteiger partial charge in [-0.25, -0.2) is 0 Å². The van der Waals surface area contributed by atoms with Gasteiger partial charge < -0.3 is 14.8 Å². The van der Waals surface area contributed by atoms with Gasteiger partial charge in [0, 0.05) is 12.7 Å². The molecular weight excluding hydrogens is 344 g/mol. The summed E-state index contributed by atoms with van der Waals surface area (Å²) in [6.07, 6.45) is 1.70. The van der Waals surface area contributed by atoms with Gasteiger partial charge in [0.25, 0.3) is 0 Å². The van der Waals surface area contributed by atoms with Crippen molar-refractivity contribution >= 4 is 17.5 Å². The van der Waals surface area contributed by atoms with E-state index in [2.05, 4.69) is 10.3 Å². The number of nitrogens with zero attached hydrogens (tertiary/aromatic N) is 1. The number of ether oxygens (including phenoxy) is 2. The lowest BCUT2D eigenvalue weighted by Crippen LogP contribution is -2.42. The third kappa shape index (κ3) is 4.52. The Bertz CT molecular complexity index is 818. The average molecular weight is 368 g/mol. The van der Waals surface area contributed by atoms with Crippen LogP contribution in [0.15, 0.2) is 42.5 Å². The molecule has 6 heteroatoms. The molecule has 0 aliphatic carbocycles. The molecule has 1 aromatic heterocycles. The fourth-order valence-electron chi connectivity index (χ4n) is 2.75. The van der Waals surface area contributed by atoms with E-state index in [-0.39, 0.29) is 17.5 Å². The molecule has 0 radical (unpaired) electrons. The van der Waals surface area contributed by atoms with E-state index in [0.717, 1.165) is 18.4 Å². The van der Waals surface area contributed by atoms with E-state index in [1.54, 1.807) is 26.0 Å². The molecule has 3 rings (SSSR count). The quantitative estimate of drug-likeness (QED) is 0.569. The van der Waals surface area contributed by atoms with Crippen molar-refractivity contribution in [3.05, 3.63) is 53.6 Å². The number of aromatic nitrogens is 1. The molecule has 0 spiro atoms. The summed E-state index contributed by atoms with van der Waals surface area (Å²) in [6, 6.07) is 13.4. The van der Waals surface area contributed by atoms with Crippen molar-refractivity contribution in [2.75, 3.05) is 18.5 Å². The lowest BCUT2D eigenvalue weighted by Gasteiger charge is -2.28. The van der Waals surface area contributed by atoms with Gasteiger partial charge in [0.15, 0.2) is 5.78 Å². The zero-order valence-corrected chi connectivity index (χ0v) is 15.7. The minimum absolute atomic E-state index is 0.226. The number of carbonyl (C=O) groups is 2. The zero-order valence-electron chi connectivity index (χ0n) is 15.7. The third-order valence-electron chi connectivity index (χ3n) is 4.53. The van der Waals surface area contributed by atoms with Gasteiger partial charge in [-0.1, -0.05) is 30.3 Å². The van der Waals surface area contributed by atoms with Crippen LogP contribution in [0.2, 0.25) is 0 Å². The molecule has 1 aliphatic rings. The van der Waals surface area contributed by atoms with Gasteiger partial charge in [-0.15, -0.1) is 0 Å². The number of benzene rings is 1. The summed E-state index contributed by atoms with van der Waals surface area (Å²) in [5.41, 5.74) is 0.504. The third-order valence-corrected chi connectivity index (χ3v) is 4.53. The predicted molar refractivity (Wildman–Crippen MR) is 102 cm³/mol. The van der Waals surface area contributed by atoms with E-state index in [4.69, 9.17) is 9.47 Å². The fraction of sp³-hybridized carbons (Fsp3) is 0.381. The first-order chi connectivity index (χ1) is 13.0. The first-order valence-electron chi connectivity index (χ1n) is 9.10. The van der Waals surface area contributed by atoms with Crippen LogP contribution >= 0.6 is 0 Å². The summed E-state index contributed by atoms with van der Waals surface area (Å²) in [4.78, 5) is 28.7. The number of rotatable bonds is 8. The summed E-state index contributed by atoms with van der Waals surface area (Å²) in [6.45, 7) is 4.98. The Morgan fingerprint density at radius 2 is 1.74 bits per heavy atom. The topological polar surface area (TPSA) is 77.5 Å². The van der Waals surface area contributed by atoms with E-state index in [1.165, 1.54) is 0 Å². The molecule has 1 amide bonds. The molecule has 2 heterocycles. The molecule has 1 aromatic carbocycles. The van der Waals surface area contributed by atoms with Crippen LogP contribution < -0.4 is 10.1 Å². The van der Waals surface area contributed by atoms with Crippen LogP contribution in [-0.4, -0.2) is 29.9 Å². The van der Waals surface area contributed by atoms with Crippen LogP contribution in [0.4, 0.5) is 5.82 Å². The van der Waals surface area contributed by atoms with Gasteiger partial charge >= 0.3 is 0 Å². The van der Waals surface area contributed by atoms with E-state index in [1.807, 2.05) is 30.3 Å². The molecule has 27 heavy (non-hydrogen) atoms. The Morgan fingerprint density at radius 3 is 2.52 bits per heavy atom. The minimum Gasteiger partial charge on any atom is -0.478 e. The van der Waals surface area contributed by atoms with Gasteiger partial charge in [-0.05, 0) is 38.3 Å². The minimum atomic E-state index is -1.07. The SMILES string of the molecule is CC1(C)C(=O)Nc2nc(OCCCCOCc3ccccc3)ccc2C1=O. The maximum Gasteiger partial charge on any atom is 0.239 e. The van der Waals surface area contributed by atoms with E-state index in [0.29, 0.717) is 31.3 Å². The second-order valence-corrected chi connectivity index (χ2v) is 7.05. The van der Waals surface area contributed by atoms with Gasteiger partial charge in [-0.2, -0.15) is 4.98 Å². The number of amides is 1. The Labute approximate surface area is 158 Å². The van der Waals surface area contributed by atoms with Crippen LogP contribution in [0.3, 0.4) is 0 Å². The van der Waals surface area contributed by atoms with Crippen molar-refractivity contribution in [3.63, 3.8) is 0 Å². The molecule has 6 nitrogen and oxygen atoms in total. The number of anilines is 1. The summed E-state index contributed by atoms with van der Waals surface area (Å²) in [5.74, 6) is 0.0934. The smallest absolute Gasteiger partial charge is 0.239 e. The van der Waals surface area contributed by atoms with Crippen LogP contribution in [-0.2, 0) is 16.1 Å². The van der Waals surface area contributed by atoms with E-state index >= 15 is 0 Å².